The number of aliphatic hydroxyl groups is 4. The van der Waals surface area contributed by atoms with Crippen LogP contribution in [0.15, 0.2) is 78.9 Å². The van der Waals surface area contributed by atoms with Gasteiger partial charge in [-0.3, -0.25) is 33.6 Å². The number of nitrogens with one attached hydrogen (secondary N) is 7. The maximum atomic E-state index is 16.1. The Morgan fingerprint density at radius 3 is 1.95 bits per heavy atom. The number of carboxylic acid groups (broad SMARTS) is 1. The van der Waals surface area contributed by atoms with Gasteiger partial charge in [-0.25, -0.2) is 4.79 Å². The molecule has 0 radical (unpaired) electrons. The van der Waals surface area contributed by atoms with Crippen molar-refractivity contribution in [2.24, 2.45) is 17.4 Å². The number of nitrogens with two attached hydrogens (primary N) is 2. The van der Waals surface area contributed by atoms with Gasteiger partial charge in [-0.05, 0) is 110 Å². The number of amides is 7. The number of benzene rings is 5. The van der Waals surface area contributed by atoms with Crippen molar-refractivity contribution in [2.75, 3.05) is 20.8 Å². The van der Waals surface area contributed by atoms with Crippen LogP contribution in [0.5, 0.6) is 46.0 Å². The smallest absolute Gasteiger partial charge is 0.330 e. The number of phenolic OH excluding ortho intramolecular Hbond substituents is 3. The number of halogens is 2. The fourth-order valence-electron chi connectivity index (χ4n) is 12.9. The molecule has 2 saturated heterocycles. The molecule has 548 valence electrons. The summed E-state index contributed by atoms with van der Waals surface area (Å²) < 4.78 is 44.4. The number of carbonyl (C=O) groups excluding carboxylic acids is 7. The second kappa shape index (κ2) is 30.8. The van der Waals surface area contributed by atoms with Crippen LogP contribution >= 0.6 is 23.2 Å². The van der Waals surface area contributed by atoms with Crippen LogP contribution in [0.25, 0.3) is 11.1 Å². The van der Waals surface area contributed by atoms with Crippen molar-refractivity contribution in [2.45, 2.75) is 163 Å². The molecule has 5 aromatic rings. The molecule has 102 heavy (non-hydrogen) atoms. The number of hydrogen-bond acceptors (Lipinski definition) is 24. The van der Waals surface area contributed by atoms with Gasteiger partial charge in [-0.2, -0.15) is 0 Å². The van der Waals surface area contributed by atoms with Crippen molar-refractivity contribution >= 4 is 70.5 Å². The van der Waals surface area contributed by atoms with E-state index in [1.165, 1.54) is 38.3 Å². The molecule has 0 aliphatic carbocycles. The van der Waals surface area contributed by atoms with Crippen molar-refractivity contribution in [3.8, 4) is 57.1 Å². The van der Waals surface area contributed by atoms with Crippen molar-refractivity contribution in [1.82, 2.24) is 37.2 Å². The number of aliphatic carboxylic acids is 1. The molecule has 12 rings (SSSR count). The second-order valence-corrected chi connectivity index (χ2v) is 27.1. The largest absolute Gasteiger partial charge is 0.508 e. The number of fused-ring (bicyclic) bond motifs is 15. The van der Waals surface area contributed by atoms with Crippen LogP contribution in [0.4, 0.5) is 0 Å². The van der Waals surface area contributed by atoms with Crippen molar-refractivity contribution in [3.63, 3.8) is 0 Å². The molecular weight excluding hydrogens is 1380 g/mol. The molecule has 11 bridgehead atoms. The fourth-order valence-corrected chi connectivity index (χ4v) is 13.3. The van der Waals surface area contributed by atoms with Gasteiger partial charge >= 0.3 is 5.97 Å². The summed E-state index contributed by atoms with van der Waals surface area (Å²) in [7, 11) is 2.82. The van der Waals surface area contributed by atoms with Gasteiger partial charge in [-0.15, -0.1) is 0 Å². The van der Waals surface area contributed by atoms with E-state index in [-0.39, 0.29) is 46.6 Å². The average molecular weight is 1460 g/mol. The number of ether oxygens (including phenoxy) is 7. The SMILES string of the molecule is CN[C@H](CC(C)C)C(=O)NC1C(=O)N[C@@H](CC(N)=O)C(=O)N[C@H]2C(=O)N[C@H]3C(=O)N[C@H](C(=O)N[C@@H](C(=O)O)c4cc(O)cc(O)c4-c4cc3ccc4O)[C@H](O)c3ccc(c(Cl)c3)Oc3cc2cc(c3O[C@@H]2O[C@H](COC)[C@@H](O)[C@H](O)[C@H]2O[C@H]2C[C@](C)(N)[C@H](O)[C@H](C)O2)Oc2ccc(cc2Cl)[C@H]1C. The van der Waals surface area contributed by atoms with Gasteiger partial charge in [0.1, 0.15) is 83.4 Å². The predicted octanol–water partition coefficient (Wildman–Crippen LogP) is 1.83. The number of hydrogen-bond donors (Lipinski definition) is 17. The number of primary amides is 1. The first kappa shape index (κ1) is 75.5. The molecule has 0 spiro atoms. The Balaban J connectivity index is 1.24. The minimum atomic E-state index is -2.28. The first-order chi connectivity index (χ1) is 48.2. The van der Waals surface area contributed by atoms with E-state index < -0.39 is 225 Å². The highest BCUT2D eigenvalue weighted by molar-refractivity contribution is 6.32. The summed E-state index contributed by atoms with van der Waals surface area (Å²) >= 11 is 14.3. The second-order valence-electron chi connectivity index (χ2n) is 26.3. The average Bonchev–Trinajstić information content (AvgIpc) is 0.768. The molecule has 1 unspecified atom stereocenters. The predicted molar refractivity (Wildman–Crippen MR) is 358 cm³/mol. The zero-order valence-electron chi connectivity index (χ0n) is 55.8. The molecule has 7 aliphatic rings. The van der Waals surface area contributed by atoms with E-state index in [9.17, 15) is 60.0 Å². The summed E-state index contributed by atoms with van der Waals surface area (Å²) in [5.41, 5.74) is 8.80. The molecule has 19 N–H and O–H groups in total. The molecular formula is C68H79Cl2N9O23. The van der Waals surface area contributed by atoms with Crippen LogP contribution in [0.2, 0.25) is 10.0 Å². The monoisotopic (exact) mass is 1460 g/mol. The van der Waals surface area contributed by atoms with Crippen molar-refractivity contribution in [1.29, 1.82) is 0 Å². The fraction of sp³-hybridized carbons (Fsp3) is 0.441. The van der Waals surface area contributed by atoms with E-state index in [0.717, 1.165) is 54.6 Å². The van der Waals surface area contributed by atoms with E-state index >= 15 is 19.2 Å². The van der Waals surface area contributed by atoms with Gasteiger partial charge in [-0.1, -0.05) is 62.2 Å². The van der Waals surface area contributed by atoms with Crippen LogP contribution in [0.3, 0.4) is 0 Å². The van der Waals surface area contributed by atoms with Crippen LogP contribution in [0.1, 0.15) is 112 Å². The number of carbonyl (C=O) groups is 8. The number of phenols is 3. The lowest BCUT2D eigenvalue weighted by Crippen LogP contribution is -2.64. The Morgan fingerprint density at radius 2 is 1.34 bits per heavy atom. The number of aromatic hydroxyl groups is 3. The summed E-state index contributed by atoms with van der Waals surface area (Å²) in [4.78, 5) is 117. The lowest BCUT2D eigenvalue weighted by molar-refractivity contribution is -0.334. The maximum Gasteiger partial charge on any atom is 0.330 e. The Labute approximate surface area is 592 Å². The molecule has 0 aromatic heterocycles. The minimum absolute atomic E-state index is 0.0303. The number of likely N-dealkylation sites (N-methyl/N-ethyl adjacent to an activating group) is 1. The Hall–Kier alpha value is -9.16. The van der Waals surface area contributed by atoms with Gasteiger partial charge < -0.3 is 123 Å². The first-order valence-electron chi connectivity index (χ1n) is 32.3. The van der Waals surface area contributed by atoms with Crippen LogP contribution in [-0.4, -0.2) is 188 Å². The number of methoxy groups -OCH3 is 1. The summed E-state index contributed by atoms with van der Waals surface area (Å²) in [6.45, 7) is 7.98. The zero-order chi connectivity index (χ0) is 74.2. The van der Waals surface area contributed by atoms with Crippen molar-refractivity contribution < 1.29 is 112 Å². The van der Waals surface area contributed by atoms with Crippen LogP contribution in [-0.2, 0) is 57.3 Å². The molecule has 34 heteroatoms. The van der Waals surface area contributed by atoms with Gasteiger partial charge in [0.2, 0.25) is 53.4 Å². The first-order valence-corrected chi connectivity index (χ1v) is 33.1. The Kier molecular flexibility index (Phi) is 22.8. The third-order valence-corrected chi connectivity index (χ3v) is 18.9. The van der Waals surface area contributed by atoms with Crippen molar-refractivity contribution in [3.05, 3.63) is 117 Å². The van der Waals surface area contributed by atoms with E-state index in [2.05, 4.69) is 37.2 Å². The van der Waals surface area contributed by atoms with Gasteiger partial charge in [0.25, 0.3) is 0 Å². The summed E-state index contributed by atoms with van der Waals surface area (Å²) in [6, 6.07) is 1.26. The lowest BCUT2D eigenvalue weighted by Gasteiger charge is -2.47. The molecule has 18 atom stereocenters. The molecule has 7 heterocycles. The number of carboxylic acids is 1. The highest BCUT2D eigenvalue weighted by Gasteiger charge is 2.52. The standard InChI is InChI=1S/C68H79Cl2N9O23/c1-25(2)14-37(73-6)60(88)75-49-26(3)28-9-12-41(35(69)16-28)98-43-18-31-19-44(57(43)102-67-58(56(86)55(85)45(100-67)24-96-7)101-47-23-68(5,72)59(87)27(4)97-47)99-42-13-10-30(17-36(42)70)54(84)53-65(93)78-52(66(94)95)34-20-32(80)21-40(82)48(34)33-15-29(8-11-39(33)81)50(63(91)79-53)77-64(92)51(31)76-61(89)38(22-46(71)83)74-62(49)90/h8-13,15-21,25-27,37-38,45,47,49-56,58-59,67,73,80-82,84-87H,14,22-24,72H2,1-7H3,(H2,71,83)(H,74,90)(H,75,88)(H,76,89)(H,77,92)(H,78,93)(H,79,91)(H,94,95)/t26-,27+,37-,38+,45-,47+,49?,50-,51-,52-,53+,54-,55-,56+,58-,59-,67+,68+/m1/s1. The Morgan fingerprint density at radius 1 is 0.725 bits per heavy atom. The van der Waals surface area contributed by atoms with Gasteiger partial charge in [0, 0.05) is 47.7 Å². The lowest BCUT2D eigenvalue weighted by atomic mass is 9.86. The molecule has 7 aliphatic heterocycles. The summed E-state index contributed by atoms with van der Waals surface area (Å²) in [5.74, 6) is -15.7. The van der Waals surface area contributed by atoms with E-state index in [0.29, 0.717) is 12.0 Å². The topological polar surface area (TPSA) is 499 Å². The van der Waals surface area contributed by atoms with E-state index in [4.69, 9.17) is 67.8 Å². The van der Waals surface area contributed by atoms with E-state index in [1.54, 1.807) is 20.9 Å². The summed E-state index contributed by atoms with van der Waals surface area (Å²) in [5, 5.41) is 109. The molecule has 7 amide bonds. The minimum Gasteiger partial charge on any atom is -0.508 e. The maximum absolute atomic E-state index is 16.1. The third-order valence-electron chi connectivity index (χ3n) is 18.3. The quantitative estimate of drug-likeness (QED) is 0.0754. The Bertz CT molecular complexity index is 4090. The zero-order valence-corrected chi connectivity index (χ0v) is 57.4. The normalized spacial score (nSPS) is 29.3. The third kappa shape index (κ3) is 16.0. The van der Waals surface area contributed by atoms with Gasteiger partial charge in [0.15, 0.2) is 29.9 Å². The number of rotatable bonds is 14. The van der Waals surface area contributed by atoms with Crippen LogP contribution < -0.4 is 62.9 Å². The molecule has 5 aromatic carbocycles. The highest BCUT2D eigenvalue weighted by Crippen LogP contribution is 2.50. The molecule has 0 saturated carbocycles. The van der Waals surface area contributed by atoms with Crippen LogP contribution in [0, 0.1) is 5.92 Å². The number of aliphatic hydroxyl groups excluding tert-OH is 4. The summed E-state index contributed by atoms with van der Waals surface area (Å²) in [6.07, 6.45) is -15.4. The highest BCUT2D eigenvalue weighted by atomic mass is 35.5. The molecule has 2 fully saturated rings. The van der Waals surface area contributed by atoms with Gasteiger partial charge in [0.05, 0.1) is 41.3 Å². The molecule has 32 nitrogen and oxygen atoms in total. The van der Waals surface area contributed by atoms with E-state index in [1.807, 2.05) is 13.8 Å².